The van der Waals surface area contributed by atoms with E-state index >= 15 is 0 Å². The monoisotopic (exact) mass is 600 g/mol. The molecular weight excluding hydrogens is 568 g/mol. The molecule has 0 unspecified atom stereocenters. The number of halogens is 1. The van der Waals surface area contributed by atoms with Crippen LogP contribution in [0.15, 0.2) is 110 Å². The van der Waals surface area contributed by atoms with Crippen LogP contribution >= 0.6 is 23.4 Å². The number of methoxy groups -OCH3 is 2. The minimum Gasteiger partial charge on any atom is -0.497 e. The largest absolute Gasteiger partial charge is 0.497 e. The zero-order valence-corrected chi connectivity index (χ0v) is 25.7. The number of fused-ring (bicyclic) bond motifs is 3. The van der Waals surface area contributed by atoms with Gasteiger partial charge < -0.3 is 23.7 Å². The minimum atomic E-state index is -0.0864. The van der Waals surface area contributed by atoms with Crippen LogP contribution in [0, 0.1) is 0 Å². The number of anilines is 2. The molecule has 1 aromatic heterocycles. The molecule has 4 aromatic carbocycles. The molecule has 1 aliphatic rings. The molecule has 6 rings (SSSR count). The molecule has 216 valence electrons. The Labute approximate surface area is 255 Å². The van der Waals surface area contributed by atoms with Crippen molar-refractivity contribution in [2.24, 2.45) is 0 Å². The molecule has 5 aromatic rings. The second-order valence-corrected chi connectivity index (χ2v) is 11.6. The van der Waals surface area contributed by atoms with Crippen molar-refractivity contribution in [3.8, 4) is 22.8 Å². The van der Waals surface area contributed by atoms with Gasteiger partial charge in [-0.25, -0.2) is 0 Å². The summed E-state index contributed by atoms with van der Waals surface area (Å²) in [5, 5.41) is 1.33. The van der Waals surface area contributed by atoms with Crippen LogP contribution in [0.25, 0.3) is 22.3 Å². The van der Waals surface area contributed by atoms with Crippen molar-refractivity contribution in [2.45, 2.75) is 16.2 Å². The zero-order chi connectivity index (χ0) is 29.6. The number of hydrogen-bond acceptors (Lipinski definition) is 7. The van der Waals surface area contributed by atoms with E-state index in [4.69, 9.17) is 25.5 Å². The number of benzene rings is 4. The number of hydrogen-bond donors (Lipinski definition) is 0. The molecule has 2 heterocycles. The molecule has 42 heavy (non-hydrogen) atoms. The minimum absolute atomic E-state index is 0.0864. The lowest BCUT2D eigenvalue weighted by Crippen LogP contribution is -2.25. The lowest BCUT2D eigenvalue weighted by molar-refractivity contribution is 0.402. The fraction of sp³-hybridized carbons (Fsp3) is 0.206. The van der Waals surface area contributed by atoms with E-state index < -0.39 is 0 Å². The van der Waals surface area contributed by atoms with Crippen LogP contribution in [-0.4, -0.2) is 46.3 Å². The third-order valence-corrected chi connectivity index (χ3v) is 8.23. The van der Waals surface area contributed by atoms with Gasteiger partial charge in [0.1, 0.15) is 22.8 Å². The Morgan fingerprint density at radius 2 is 1.60 bits per heavy atom. The Balaban J connectivity index is 0.000000168. The number of ether oxygens (including phenoxy) is 2. The van der Waals surface area contributed by atoms with Gasteiger partial charge in [0, 0.05) is 39.1 Å². The average Bonchev–Trinajstić information content (AvgIpc) is 3.00. The summed E-state index contributed by atoms with van der Waals surface area (Å²) in [6.45, 7) is 2.09. The summed E-state index contributed by atoms with van der Waals surface area (Å²) in [5.74, 6) is 1.86. The summed E-state index contributed by atoms with van der Waals surface area (Å²) in [5.41, 5.74) is 3.72. The maximum atomic E-state index is 12.2. The van der Waals surface area contributed by atoms with E-state index in [1.807, 2.05) is 42.1 Å². The van der Waals surface area contributed by atoms with Crippen molar-refractivity contribution in [2.75, 3.05) is 46.3 Å². The highest BCUT2D eigenvalue weighted by atomic mass is 35.5. The van der Waals surface area contributed by atoms with E-state index in [1.165, 1.54) is 27.2 Å². The first-order chi connectivity index (χ1) is 20.4. The van der Waals surface area contributed by atoms with E-state index in [-0.39, 0.29) is 5.43 Å². The van der Waals surface area contributed by atoms with Crippen LogP contribution in [0.1, 0.15) is 6.42 Å². The second-order valence-electron chi connectivity index (χ2n) is 10.1. The van der Waals surface area contributed by atoms with Gasteiger partial charge in [-0.1, -0.05) is 47.6 Å². The zero-order valence-electron chi connectivity index (χ0n) is 24.1. The Morgan fingerprint density at radius 1 is 0.833 bits per heavy atom. The van der Waals surface area contributed by atoms with Crippen molar-refractivity contribution in [3.05, 3.63) is 106 Å². The normalized spacial score (nSPS) is 11.9. The highest BCUT2D eigenvalue weighted by Gasteiger charge is 2.23. The predicted octanol–water partition coefficient (Wildman–Crippen LogP) is 8.37. The van der Waals surface area contributed by atoms with Crippen molar-refractivity contribution in [1.29, 1.82) is 0 Å². The molecule has 0 atom stereocenters. The maximum Gasteiger partial charge on any atom is 0.193 e. The Kier molecular flexibility index (Phi) is 9.42. The van der Waals surface area contributed by atoms with Crippen LogP contribution in [0.5, 0.6) is 11.5 Å². The SMILES string of the molecule is CN(C)CCCN1c2ccccc2Sc2ccc(Cl)cc21.COc1cccc(-c2cc(=O)c3ccc(OC)cc3o2)c1. The number of nitrogens with zero attached hydrogens (tertiary/aromatic N) is 2. The standard InChI is InChI=1S/C17H19ClN2S.C17H14O4/c1-19(2)10-5-11-20-14-6-3-4-7-16(14)21-17-9-8-13(18)12-15(17)20;1-19-12-5-3-4-11(8-12)16-10-15(18)14-7-6-13(20-2)9-17(14)21-16/h3-4,6-9,12H,5,10-11H2,1-2H3;3-10H,1-2H3. The lowest BCUT2D eigenvalue weighted by Gasteiger charge is -2.33. The summed E-state index contributed by atoms with van der Waals surface area (Å²) < 4.78 is 16.2. The molecule has 0 aliphatic carbocycles. The van der Waals surface area contributed by atoms with E-state index in [2.05, 4.69) is 60.3 Å². The predicted molar refractivity (Wildman–Crippen MR) is 173 cm³/mol. The second kappa shape index (κ2) is 13.4. The molecule has 6 nitrogen and oxygen atoms in total. The van der Waals surface area contributed by atoms with Crippen LogP contribution in [0.3, 0.4) is 0 Å². The molecule has 0 amide bonds. The van der Waals surface area contributed by atoms with Crippen LogP contribution in [0.2, 0.25) is 5.02 Å². The maximum absolute atomic E-state index is 12.2. The molecule has 0 radical (unpaired) electrons. The van der Waals surface area contributed by atoms with Gasteiger partial charge in [-0.2, -0.15) is 0 Å². The molecule has 8 heteroatoms. The summed E-state index contributed by atoms with van der Waals surface area (Å²) in [7, 11) is 7.40. The molecule has 1 aliphatic heterocycles. The van der Waals surface area contributed by atoms with Gasteiger partial charge in [0.05, 0.1) is 31.0 Å². The van der Waals surface area contributed by atoms with Gasteiger partial charge in [0.25, 0.3) is 0 Å². The van der Waals surface area contributed by atoms with Crippen molar-refractivity contribution in [3.63, 3.8) is 0 Å². The van der Waals surface area contributed by atoms with Gasteiger partial charge in [-0.15, -0.1) is 0 Å². The third kappa shape index (κ3) is 6.76. The highest BCUT2D eigenvalue weighted by molar-refractivity contribution is 7.99. The fourth-order valence-corrected chi connectivity index (χ4v) is 6.01. The molecule has 0 saturated carbocycles. The Morgan fingerprint density at radius 3 is 2.38 bits per heavy atom. The van der Waals surface area contributed by atoms with Gasteiger partial charge in [0.2, 0.25) is 0 Å². The smallest absolute Gasteiger partial charge is 0.193 e. The quantitative estimate of drug-likeness (QED) is 0.186. The van der Waals surface area contributed by atoms with E-state index in [9.17, 15) is 4.79 Å². The molecule has 0 saturated heterocycles. The van der Waals surface area contributed by atoms with Crippen molar-refractivity contribution < 1.29 is 13.9 Å². The van der Waals surface area contributed by atoms with Crippen LogP contribution in [0.4, 0.5) is 11.4 Å². The Bertz CT molecular complexity index is 1750. The first-order valence-corrected chi connectivity index (χ1v) is 14.8. The number of rotatable bonds is 7. The molecular formula is C34H33ClN2O4S. The third-order valence-electron chi connectivity index (χ3n) is 6.87. The summed E-state index contributed by atoms with van der Waals surface area (Å²) in [4.78, 5) is 19.4. The topological polar surface area (TPSA) is 55.2 Å². The van der Waals surface area contributed by atoms with Gasteiger partial charge in [-0.3, -0.25) is 4.79 Å². The first-order valence-electron chi connectivity index (χ1n) is 13.6. The summed E-state index contributed by atoms with van der Waals surface area (Å²) in [6, 6.07) is 28.8. The van der Waals surface area contributed by atoms with Crippen molar-refractivity contribution >= 4 is 45.7 Å². The van der Waals surface area contributed by atoms with Gasteiger partial charge in [-0.05, 0) is 81.7 Å². The molecule has 0 spiro atoms. The molecule has 0 N–H and O–H groups in total. The lowest BCUT2D eigenvalue weighted by atomic mass is 10.1. The highest BCUT2D eigenvalue weighted by Crippen LogP contribution is 2.48. The van der Waals surface area contributed by atoms with Crippen LogP contribution in [-0.2, 0) is 0 Å². The van der Waals surface area contributed by atoms with Gasteiger partial charge in [0.15, 0.2) is 5.43 Å². The van der Waals surface area contributed by atoms with Crippen LogP contribution < -0.4 is 19.8 Å². The molecule has 0 fully saturated rings. The van der Waals surface area contributed by atoms with Crippen molar-refractivity contribution in [1.82, 2.24) is 4.90 Å². The van der Waals surface area contributed by atoms with E-state index in [0.717, 1.165) is 30.1 Å². The summed E-state index contributed by atoms with van der Waals surface area (Å²) in [6.07, 6.45) is 1.12. The Hall–Kier alpha value is -3.91. The fourth-order valence-electron chi connectivity index (χ4n) is 4.77. The number of para-hydroxylation sites is 1. The molecule has 0 bridgehead atoms. The van der Waals surface area contributed by atoms with E-state index in [0.29, 0.717) is 28.2 Å². The average molecular weight is 601 g/mol. The first kappa shape index (κ1) is 29.6. The van der Waals surface area contributed by atoms with Gasteiger partial charge >= 0.3 is 0 Å². The summed E-state index contributed by atoms with van der Waals surface area (Å²) >= 11 is 8.03. The van der Waals surface area contributed by atoms with E-state index in [1.54, 1.807) is 32.4 Å².